The third-order valence-corrected chi connectivity index (χ3v) is 13.3. The van der Waals surface area contributed by atoms with Crippen LogP contribution in [-0.2, 0) is 34.2 Å². The van der Waals surface area contributed by atoms with Crippen LogP contribution in [0.25, 0.3) is 64.7 Å². The molecule has 0 aliphatic rings. The molecular weight excluding hydrogens is 903 g/mol. The van der Waals surface area contributed by atoms with Gasteiger partial charge in [-0.05, 0) is 105 Å². The van der Waals surface area contributed by atoms with E-state index in [1.54, 1.807) is 0 Å². The van der Waals surface area contributed by atoms with Gasteiger partial charge in [-0.3, -0.25) is 0 Å². The van der Waals surface area contributed by atoms with Gasteiger partial charge in [0.1, 0.15) is 0 Å². The predicted molar refractivity (Wildman–Crippen MR) is 275 cm³/mol. The van der Waals surface area contributed by atoms with Crippen molar-refractivity contribution in [2.45, 2.75) is 93.9 Å². The van der Waals surface area contributed by atoms with Crippen LogP contribution in [0.5, 0.6) is 0 Å². The minimum atomic E-state index is 0. The summed E-state index contributed by atoms with van der Waals surface area (Å²) < 4.78 is 0. The summed E-state index contributed by atoms with van der Waals surface area (Å²) in [6.45, 7) is 30.0. The first kappa shape index (κ1) is 53.3. The van der Waals surface area contributed by atoms with E-state index in [-0.39, 0.29) is 50.5 Å². The molecule has 0 unspecified atom stereocenters. The van der Waals surface area contributed by atoms with E-state index < -0.39 is 0 Å². The zero-order valence-corrected chi connectivity index (χ0v) is 44.7. The maximum absolute atomic E-state index is 3.06. The van der Waals surface area contributed by atoms with Gasteiger partial charge < -0.3 is 14.9 Å². The molecule has 2 aromatic heterocycles. The Bertz CT molecular complexity index is 2450. The topological polar surface area (TPSA) is 0 Å². The molecule has 0 spiro atoms. The Morgan fingerprint density at radius 3 is 1.05 bits per heavy atom. The fourth-order valence-corrected chi connectivity index (χ4v) is 9.40. The van der Waals surface area contributed by atoms with Gasteiger partial charge in [-0.2, -0.15) is 22.7 Å². The van der Waals surface area contributed by atoms with Gasteiger partial charge in [-0.15, -0.1) is 93.9 Å². The van der Waals surface area contributed by atoms with Crippen LogP contribution in [0.1, 0.15) is 84.7 Å². The van der Waals surface area contributed by atoms with Gasteiger partial charge in [0.15, 0.2) is 0 Å². The monoisotopic (exact) mass is 962 g/mol. The number of fused-ring (bicyclic) bond motifs is 2. The average Bonchev–Trinajstić information content (AvgIpc) is 3.97. The van der Waals surface area contributed by atoms with Crippen molar-refractivity contribution in [2.75, 3.05) is 0 Å². The second-order valence-corrected chi connectivity index (χ2v) is 19.9. The Labute approximate surface area is 400 Å². The predicted octanol–water partition coefficient (Wildman–Crippen LogP) is 17.7. The molecule has 0 bridgehead atoms. The van der Waals surface area contributed by atoms with E-state index >= 15 is 0 Å². The second-order valence-electron chi connectivity index (χ2n) is 17.4. The maximum atomic E-state index is 3.06. The zero-order valence-electron chi connectivity index (χ0n) is 38.0. The summed E-state index contributed by atoms with van der Waals surface area (Å²) in [4.78, 5) is 5.43. The Kier molecular flexibility index (Phi) is 19.1. The summed E-state index contributed by atoms with van der Waals surface area (Å²) in [5, 5.41) is 5.41. The van der Waals surface area contributed by atoms with Gasteiger partial charge in [-0.1, -0.05) is 137 Å². The SMILES string of the molecule is Cc1ccc(-c2cc3c(-c4ccc(C(C)(C)C)cc4)c(C)c(C)cc3[cH-]2)s1.Cc1ccc(-c2cc3c(-c4ccc(C(C)(C)C)cc4)c(C)c(C)cc3[cH-]2)s1.Cl.Cl.[CH3-].[CH3-].[Si]=[Zr]. The summed E-state index contributed by atoms with van der Waals surface area (Å²) in [6.07, 6.45) is 0. The summed E-state index contributed by atoms with van der Waals surface area (Å²) in [6, 6.07) is 41.3. The first-order valence-corrected chi connectivity index (χ1v) is 25.3. The molecule has 8 aromatic rings. The van der Waals surface area contributed by atoms with Gasteiger partial charge in [0.25, 0.3) is 0 Å². The molecule has 0 amide bonds. The fraction of sp³-hybridized carbons (Fsp3) is 0.259. The van der Waals surface area contributed by atoms with Crippen molar-refractivity contribution in [3.8, 4) is 43.1 Å². The Morgan fingerprint density at radius 1 is 0.467 bits per heavy atom. The van der Waals surface area contributed by atoms with Gasteiger partial charge in [0, 0.05) is 0 Å². The first-order chi connectivity index (χ1) is 26.5. The molecule has 6 heteroatoms. The Morgan fingerprint density at radius 2 is 0.783 bits per heavy atom. The van der Waals surface area contributed by atoms with Gasteiger partial charge in [0.05, 0.1) is 0 Å². The van der Waals surface area contributed by atoms with Crippen molar-refractivity contribution in [1.29, 1.82) is 0 Å². The number of thiophene rings is 2. The van der Waals surface area contributed by atoms with Crippen molar-refractivity contribution in [1.82, 2.24) is 0 Å². The van der Waals surface area contributed by atoms with Crippen molar-refractivity contribution in [3.05, 3.63) is 167 Å². The van der Waals surface area contributed by atoms with Crippen LogP contribution in [0.4, 0.5) is 0 Å². The number of hydrogen-bond acceptors (Lipinski definition) is 2. The van der Waals surface area contributed by atoms with Crippen LogP contribution < -0.4 is 0 Å². The van der Waals surface area contributed by atoms with Gasteiger partial charge in [0.2, 0.25) is 0 Å². The molecule has 0 nitrogen and oxygen atoms in total. The van der Waals surface area contributed by atoms with Crippen molar-refractivity contribution in [2.24, 2.45) is 0 Å². The molecule has 0 fully saturated rings. The molecule has 6 aromatic carbocycles. The molecule has 8 rings (SSSR count). The van der Waals surface area contributed by atoms with Gasteiger partial charge >= 0.3 is 30.2 Å². The molecule has 0 N–H and O–H groups in total. The quantitative estimate of drug-likeness (QED) is 0.122. The van der Waals surface area contributed by atoms with E-state index in [4.69, 9.17) is 0 Å². The van der Waals surface area contributed by atoms with Gasteiger partial charge in [-0.25, -0.2) is 0 Å². The molecule has 316 valence electrons. The first-order valence-electron chi connectivity index (χ1n) is 19.5. The Hall–Kier alpha value is -2.82. The summed E-state index contributed by atoms with van der Waals surface area (Å²) in [5.74, 6) is 0. The third kappa shape index (κ3) is 11.4. The summed E-state index contributed by atoms with van der Waals surface area (Å²) in [7, 11) is 0. The second kappa shape index (κ2) is 21.5. The van der Waals surface area contributed by atoms with Crippen LogP contribution in [0.2, 0.25) is 0 Å². The van der Waals surface area contributed by atoms with E-state index in [9.17, 15) is 0 Å². The van der Waals surface area contributed by atoms with Crippen LogP contribution in [-0.4, -0.2) is 6.88 Å². The normalized spacial score (nSPS) is 10.9. The average molecular weight is 965 g/mol. The van der Waals surface area contributed by atoms with Crippen molar-refractivity contribution < 1.29 is 23.3 Å². The number of hydrogen-bond donors (Lipinski definition) is 0. The van der Waals surface area contributed by atoms with E-state index in [2.05, 4.69) is 199 Å². The van der Waals surface area contributed by atoms with Crippen LogP contribution >= 0.6 is 47.5 Å². The molecule has 0 saturated heterocycles. The molecule has 0 atom stereocenters. The molecule has 2 heterocycles. The minimum absolute atomic E-state index is 0. The molecule has 0 aliphatic heterocycles. The van der Waals surface area contributed by atoms with Crippen LogP contribution in [0.3, 0.4) is 0 Å². The molecule has 0 saturated carbocycles. The number of halogens is 2. The Balaban J connectivity index is 0.000000373. The van der Waals surface area contributed by atoms with Crippen molar-refractivity contribution in [3.63, 3.8) is 0 Å². The molecule has 2 radical (unpaired) electrons. The van der Waals surface area contributed by atoms with Crippen LogP contribution in [0, 0.1) is 56.4 Å². The summed E-state index contributed by atoms with van der Waals surface area (Å²) in [5.41, 5.74) is 16.7. The summed E-state index contributed by atoms with van der Waals surface area (Å²) >= 11 is 5.10. The number of aryl methyl sites for hydroxylation is 4. The number of rotatable bonds is 4. The molecule has 60 heavy (non-hydrogen) atoms. The standard InChI is InChI=1S/2C26H27S.2CH3.2ClH.Si.Zr/c2*1-16-13-20-14-21(24-12-7-17(2)27-24)15-23(20)25(18(16)3)19-8-10-22(11-9-19)26(4,5)6;;;;;;/h2*7-15H,1-6H3;2*1H3;2*1H;;/q4*-1;;;;. The third-order valence-electron chi connectivity index (χ3n) is 11.2. The van der Waals surface area contributed by atoms with Crippen molar-refractivity contribution >= 4 is 75.9 Å². The molecular formula is C54H62Cl2S2SiZr-4. The van der Waals surface area contributed by atoms with E-state index in [0.717, 1.165) is 0 Å². The van der Waals surface area contributed by atoms with E-state index in [0.29, 0.717) is 0 Å². The number of benzene rings is 4. The van der Waals surface area contributed by atoms with Crippen LogP contribution in [0.15, 0.2) is 109 Å². The van der Waals surface area contributed by atoms with E-state index in [1.807, 2.05) is 22.7 Å². The zero-order chi connectivity index (χ0) is 40.7. The molecule has 0 aliphatic carbocycles. The van der Waals surface area contributed by atoms with E-state index in [1.165, 1.54) is 131 Å². The fourth-order valence-electron chi connectivity index (χ4n) is 7.69.